The molecule has 3 heterocycles. The summed E-state index contributed by atoms with van der Waals surface area (Å²) in [5.74, 6) is -0.479. The number of carbonyl (C=O) groups excluding carboxylic acids is 2. The number of aliphatic hydroxyl groups is 1. The molecule has 0 bridgehead atoms. The summed E-state index contributed by atoms with van der Waals surface area (Å²) in [4.78, 5) is 29.2. The number of hydrogen-bond donors (Lipinski definition) is 2. The Bertz CT molecular complexity index is 953. The maximum atomic E-state index is 12.5. The van der Waals surface area contributed by atoms with Gasteiger partial charge in [-0.2, -0.15) is 0 Å². The normalized spacial score (nSPS) is 17.7. The molecule has 2 N–H and O–H groups in total. The van der Waals surface area contributed by atoms with E-state index >= 15 is 0 Å². The fourth-order valence-electron chi connectivity index (χ4n) is 3.28. The summed E-state index contributed by atoms with van der Waals surface area (Å²) in [6, 6.07) is 17.1. The van der Waals surface area contributed by atoms with Crippen LogP contribution in [0.15, 0.2) is 60.0 Å². The molecule has 144 valence electrons. The molecule has 1 aliphatic heterocycles. The minimum absolute atomic E-state index is 0.0242. The molecule has 7 heteroatoms. The van der Waals surface area contributed by atoms with Gasteiger partial charge in [-0.15, -0.1) is 22.7 Å². The zero-order chi connectivity index (χ0) is 19.5. The smallest absolute Gasteiger partial charge is 0.227 e. The van der Waals surface area contributed by atoms with E-state index in [1.165, 1.54) is 22.7 Å². The first-order valence-electron chi connectivity index (χ1n) is 9.05. The Morgan fingerprint density at radius 2 is 1.96 bits per heavy atom. The van der Waals surface area contributed by atoms with Crippen LogP contribution in [0, 0.1) is 5.92 Å². The Hall–Kier alpha value is -2.48. The van der Waals surface area contributed by atoms with E-state index in [1.807, 2.05) is 60.0 Å². The van der Waals surface area contributed by atoms with Gasteiger partial charge in [-0.05, 0) is 35.7 Å². The van der Waals surface area contributed by atoms with E-state index in [-0.39, 0.29) is 24.2 Å². The monoisotopic (exact) mass is 412 g/mol. The van der Waals surface area contributed by atoms with Gasteiger partial charge in [-0.25, -0.2) is 0 Å². The molecule has 3 aromatic rings. The van der Waals surface area contributed by atoms with Crippen molar-refractivity contribution >= 4 is 40.2 Å². The van der Waals surface area contributed by atoms with Crippen molar-refractivity contribution in [3.05, 3.63) is 74.6 Å². The molecule has 1 saturated heterocycles. The molecular formula is C21H20N2O3S2. The number of carbonyl (C=O) groups is 2. The number of aliphatic hydroxyl groups excluding tert-OH is 1. The average Bonchev–Trinajstić information content (AvgIpc) is 3.47. The van der Waals surface area contributed by atoms with Gasteiger partial charge in [0, 0.05) is 33.3 Å². The number of para-hydroxylation sites is 1. The van der Waals surface area contributed by atoms with Crippen molar-refractivity contribution in [2.45, 2.75) is 19.1 Å². The van der Waals surface area contributed by atoms with Crippen LogP contribution in [0.4, 0.5) is 5.69 Å². The van der Waals surface area contributed by atoms with Crippen molar-refractivity contribution in [1.29, 1.82) is 0 Å². The number of thiophene rings is 2. The molecule has 0 aliphatic carbocycles. The lowest BCUT2D eigenvalue weighted by molar-refractivity contribution is -0.126. The van der Waals surface area contributed by atoms with Gasteiger partial charge in [-0.3, -0.25) is 9.59 Å². The summed E-state index contributed by atoms with van der Waals surface area (Å²) in [5, 5.41) is 15.3. The fourth-order valence-corrected chi connectivity index (χ4v) is 5.04. The number of nitrogens with zero attached hydrogens (tertiary/aromatic N) is 1. The van der Waals surface area contributed by atoms with Crippen LogP contribution in [0.5, 0.6) is 0 Å². The molecule has 2 aromatic heterocycles. The van der Waals surface area contributed by atoms with Gasteiger partial charge in [0.2, 0.25) is 11.8 Å². The summed E-state index contributed by atoms with van der Waals surface area (Å²) in [6.45, 7) is 0.804. The predicted molar refractivity (Wildman–Crippen MR) is 111 cm³/mol. The number of anilines is 1. The second kappa shape index (κ2) is 8.26. The molecular weight excluding hydrogens is 392 g/mol. The van der Waals surface area contributed by atoms with Crippen LogP contribution in [0.25, 0.3) is 0 Å². The lowest BCUT2D eigenvalue weighted by Gasteiger charge is -2.16. The average molecular weight is 413 g/mol. The minimum atomic E-state index is -0.624. The van der Waals surface area contributed by atoms with Crippen molar-refractivity contribution in [2.75, 3.05) is 11.4 Å². The van der Waals surface area contributed by atoms with Gasteiger partial charge < -0.3 is 15.3 Å². The van der Waals surface area contributed by atoms with Crippen LogP contribution >= 0.6 is 22.7 Å². The van der Waals surface area contributed by atoms with Gasteiger partial charge in [0.25, 0.3) is 0 Å². The Balaban J connectivity index is 1.33. The van der Waals surface area contributed by atoms with Gasteiger partial charge in [0.1, 0.15) is 6.10 Å². The molecule has 1 aromatic carbocycles. The highest BCUT2D eigenvalue weighted by atomic mass is 32.1. The van der Waals surface area contributed by atoms with Crippen LogP contribution in [0.2, 0.25) is 0 Å². The molecule has 4 rings (SSSR count). The highest BCUT2D eigenvalue weighted by Gasteiger charge is 2.34. The van der Waals surface area contributed by atoms with Gasteiger partial charge in [0.05, 0.1) is 12.5 Å². The Kier molecular flexibility index (Phi) is 5.57. The molecule has 0 saturated carbocycles. The number of hydrogen-bond acceptors (Lipinski definition) is 5. The highest BCUT2D eigenvalue weighted by molar-refractivity contribution is 7.12. The van der Waals surface area contributed by atoms with Crippen molar-refractivity contribution in [3.63, 3.8) is 0 Å². The SMILES string of the molecule is O=C(NCc1ccc(C(O)c2cccs2)s1)C1CC(=O)N(c2ccccc2)C1. The van der Waals surface area contributed by atoms with E-state index in [2.05, 4.69) is 5.32 Å². The Labute approximate surface area is 171 Å². The first-order chi connectivity index (χ1) is 13.6. The molecule has 5 nitrogen and oxygen atoms in total. The first kappa shape index (κ1) is 18.9. The maximum Gasteiger partial charge on any atom is 0.227 e. The quantitative estimate of drug-likeness (QED) is 0.650. The lowest BCUT2D eigenvalue weighted by atomic mass is 10.1. The predicted octanol–water partition coefficient (Wildman–Crippen LogP) is 3.56. The van der Waals surface area contributed by atoms with Gasteiger partial charge >= 0.3 is 0 Å². The summed E-state index contributed by atoms with van der Waals surface area (Å²) in [7, 11) is 0. The number of rotatable bonds is 6. The van der Waals surface area contributed by atoms with Gasteiger partial charge in [0.15, 0.2) is 0 Å². The molecule has 0 spiro atoms. The Morgan fingerprint density at radius 3 is 2.71 bits per heavy atom. The number of benzene rings is 1. The molecule has 1 fully saturated rings. The van der Waals surface area contributed by atoms with Crippen LogP contribution in [-0.2, 0) is 16.1 Å². The zero-order valence-corrected chi connectivity index (χ0v) is 16.7. The van der Waals surface area contributed by atoms with E-state index < -0.39 is 6.10 Å². The second-order valence-corrected chi connectivity index (χ2v) is 8.86. The summed E-state index contributed by atoms with van der Waals surface area (Å²) < 4.78 is 0. The van der Waals surface area contributed by atoms with Crippen molar-refractivity contribution in [2.24, 2.45) is 5.92 Å². The van der Waals surface area contributed by atoms with E-state index in [0.717, 1.165) is 20.3 Å². The molecule has 2 amide bonds. The number of amides is 2. The zero-order valence-electron chi connectivity index (χ0n) is 15.1. The van der Waals surface area contributed by atoms with Crippen molar-refractivity contribution < 1.29 is 14.7 Å². The molecule has 2 atom stereocenters. The molecule has 2 unspecified atom stereocenters. The van der Waals surface area contributed by atoms with Crippen LogP contribution in [0.1, 0.15) is 27.2 Å². The topological polar surface area (TPSA) is 69.6 Å². The third kappa shape index (κ3) is 4.01. The summed E-state index contributed by atoms with van der Waals surface area (Å²) in [5.41, 5.74) is 0.827. The largest absolute Gasteiger partial charge is 0.382 e. The molecule has 1 aliphatic rings. The Morgan fingerprint density at radius 1 is 1.14 bits per heavy atom. The van der Waals surface area contributed by atoms with E-state index in [9.17, 15) is 14.7 Å². The first-order valence-corrected chi connectivity index (χ1v) is 10.7. The van der Waals surface area contributed by atoms with Crippen molar-refractivity contribution in [1.82, 2.24) is 5.32 Å². The summed E-state index contributed by atoms with van der Waals surface area (Å²) in [6.07, 6.45) is -0.394. The molecule has 0 radical (unpaired) electrons. The van der Waals surface area contributed by atoms with Gasteiger partial charge in [-0.1, -0.05) is 24.3 Å². The van der Waals surface area contributed by atoms with E-state index in [1.54, 1.807) is 4.90 Å². The highest BCUT2D eigenvalue weighted by Crippen LogP contribution is 2.31. The van der Waals surface area contributed by atoms with Crippen LogP contribution < -0.4 is 10.2 Å². The van der Waals surface area contributed by atoms with Crippen LogP contribution in [-0.4, -0.2) is 23.5 Å². The minimum Gasteiger partial charge on any atom is -0.382 e. The fraction of sp³-hybridized carbons (Fsp3) is 0.238. The number of nitrogens with one attached hydrogen (secondary N) is 1. The lowest BCUT2D eigenvalue weighted by Crippen LogP contribution is -2.32. The standard InChI is InChI=1S/C21H20N2O3S2/c24-19-11-14(13-23(19)15-5-2-1-3-6-15)21(26)22-12-16-8-9-18(28-16)20(25)17-7-4-10-27-17/h1-10,14,20,25H,11-13H2,(H,22,26). The van der Waals surface area contributed by atoms with E-state index in [4.69, 9.17) is 0 Å². The van der Waals surface area contributed by atoms with E-state index in [0.29, 0.717) is 13.1 Å². The summed E-state index contributed by atoms with van der Waals surface area (Å²) >= 11 is 3.01. The van der Waals surface area contributed by atoms with Crippen LogP contribution in [0.3, 0.4) is 0 Å². The second-order valence-electron chi connectivity index (χ2n) is 6.68. The maximum absolute atomic E-state index is 12.5. The van der Waals surface area contributed by atoms with Crippen molar-refractivity contribution in [3.8, 4) is 0 Å². The third-order valence-electron chi connectivity index (χ3n) is 4.77. The third-order valence-corrected chi connectivity index (χ3v) is 6.83. The molecule has 28 heavy (non-hydrogen) atoms.